The summed E-state index contributed by atoms with van der Waals surface area (Å²) in [6.07, 6.45) is 0. The molecular formula is C11H12ClN3. The minimum Gasteiger partial charge on any atom is -0.370 e. The van der Waals surface area contributed by atoms with Crippen LogP contribution in [0.4, 0.5) is 11.4 Å². The van der Waals surface area contributed by atoms with Crippen molar-refractivity contribution in [3.05, 3.63) is 34.6 Å². The molecule has 1 aromatic carbocycles. The van der Waals surface area contributed by atoms with Gasteiger partial charge < -0.3 is 10.2 Å². The Labute approximate surface area is 94.5 Å². The molecular weight excluding hydrogens is 210 g/mol. The molecule has 3 nitrogen and oxygen atoms in total. The van der Waals surface area contributed by atoms with E-state index in [9.17, 15) is 0 Å². The minimum absolute atomic E-state index is 0.531. The summed E-state index contributed by atoms with van der Waals surface area (Å²) in [5.41, 5.74) is 1.62. The Balaban J connectivity index is 2.25. The second-order valence-corrected chi connectivity index (χ2v) is 3.89. The van der Waals surface area contributed by atoms with Gasteiger partial charge in [-0.05, 0) is 12.1 Å². The quantitative estimate of drug-likeness (QED) is 0.735. The van der Waals surface area contributed by atoms with Gasteiger partial charge in [0, 0.05) is 36.9 Å². The van der Waals surface area contributed by atoms with E-state index >= 15 is 0 Å². The van der Waals surface area contributed by atoms with Crippen molar-refractivity contribution in [3.63, 3.8) is 0 Å². The Morgan fingerprint density at radius 3 is 2.73 bits per heavy atom. The smallest absolute Gasteiger partial charge is 0.207 e. The van der Waals surface area contributed by atoms with Crippen molar-refractivity contribution in [1.82, 2.24) is 5.32 Å². The van der Waals surface area contributed by atoms with Gasteiger partial charge in [-0.15, -0.1) is 0 Å². The van der Waals surface area contributed by atoms with Gasteiger partial charge in [-0.3, -0.25) is 0 Å². The van der Waals surface area contributed by atoms with Crippen LogP contribution in [0, 0.1) is 6.57 Å². The monoisotopic (exact) mass is 221 g/mol. The molecule has 0 amide bonds. The van der Waals surface area contributed by atoms with Crippen LogP contribution in [0.15, 0.2) is 18.2 Å². The van der Waals surface area contributed by atoms with E-state index < -0.39 is 0 Å². The SMILES string of the molecule is [C-]#[N+]c1cc(N2CCNCC2)ccc1Cl. The molecule has 15 heavy (non-hydrogen) atoms. The predicted molar refractivity (Wildman–Crippen MR) is 62.8 cm³/mol. The molecule has 1 aliphatic rings. The lowest BCUT2D eigenvalue weighted by atomic mass is 10.2. The summed E-state index contributed by atoms with van der Waals surface area (Å²) in [5.74, 6) is 0. The molecule has 1 heterocycles. The molecule has 0 saturated carbocycles. The lowest BCUT2D eigenvalue weighted by Crippen LogP contribution is -2.43. The first-order chi connectivity index (χ1) is 7.31. The second kappa shape index (κ2) is 4.52. The summed E-state index contributed by atoms with van der Waals surface area (Å²) in [5, 5.41) is 3.83. The van der Waals surface area contributed by atoms with E-state index in [4.69, 9.17) is 18.2 Å². The van der Waals surface area contributed by atoms with Crippen LogP contribution in [0.2, 0.25) is 5.02 Å². The van der Waals surface area contributed by atoms with Crippen molar-refractivity contribution in [2.24, 2.45) is 0 Å². The molecule has 1 aliphatic heterocycles. The Kier molecular flexibility index (Phi) is 3.10. The normalized spacial score (nSPS) is 16.1. The third-order valence-electron chi connectivity index (χ3n) is 2.53. The third kappa shape index (κ3) is 2.23. The molecule has 2 rings (SSSR count). The number of halogens is 1. The summed E-state index contributed by atoms with van der Waals surface area (Å²) < 4.78 is 0. The van der Waals surface area contributed by atoms with E-state index in [0.29, 0.717) is 10.7 Å². The minimum atomic E-state index is 0.531. The first kappa shape index (κ1) is 10.3. The zero-order valence-corrected chi connectivity index (χ0v) is 9.09. The highest BCUT2D eigenvalue weighted by Crippen LogP contribution is 2.29. The fourth-order valence-corrected chi connectivity index (χ4v) is 1.87. The standard InChI is InChI=1S/C11H12ClN3/c1-13-11-8-9(2-3-10(11)12)15-6-4-14-5-7-15/h2-3,8,14H,4-7H2. The van der Waals surface area contributed by atoms with Crippen molar-refractivity contribution in [1.29, 1.82) is 0 Å². The van der Waals surface area contributed by atoms with Gasteiger partial charge in [0.2, 0.25) is 5.69 Å². The maximum absolute atomic E-state index is 7.00. The zero-order valence-electron chi connectivity index (χ0n) is 8.33. The maximum atomic E-state index is 7.00. The van der Waals surface area contributed by atoms with Crippen LogP contribution in [0.1, 0.15) is 0 Å². The van der Waals surface area contributed by atoms with Gasteiger partial charge in [-0.1, -0.05) is 17.7 Å². The molecule has 78 valence electrons. The first-order valence-corrected chi connectivity index (χ1v) is 5.32. The average molecular weight is 222 g/mol. The number of benzene rings is 1. The van der Waals surface area contributed by atoms with Crippen molar-refractivity contribution < 1.29 is 0 Å². The Hall–Kier alpha value is -1.24. The number of hydrogen-bond donors (Lipinski definition) is 1. The molecule has 1 N–H and O–H groups in total. The first-order valence-electron chi connectivity index (χ1n) is 4.94. The number of hydrogen-bond acceptors (Lipinski definition) is 2. The van der Waals surface area contributed by atoms with Crippen molar-refractivity contribution in [3.8, 4) is 0 Å². The van der Waals surface area contributed by atoms with E-state index in [1.54, 1.807) is 6.07 Å². The molecule has 1 saturated heterocycles. The van der Waals surface area contributed by atoms with Gasteiger partial charge in [-0.2, -0.15) is 0 Å². The molecule has 0 aromatic heterocycles. The number of nitrogens with zero attached hydrogens (tertiary/aromatic N) is 2. The molecule has 0 spiro atoms. The highest BCUT2D eigenvalue weighted by Gasteiger charge is 2.11. The van der Waals surface area contributed by atoms with Crippen LogP contribution in [0.3, 0.4) is 0 Å². The average Bonchev–Trinajstić information content (AvgIpc) is 2.31. The van der Waals surface area contributed by atoms with Crippen LogP contribution in [0.5, 0.6) is 0 Å². The second-order valence-electron chi connectivity index (χ2n) is 3.48. The Morgan fingerprint density at radius 1 is 1.33 bits per heavy atom. The topological polar surface area (TPSA) is 19.6 Å². The van der Waals surface area contributed by atoms with E-state index in [1.807, 2.05) is 12.1 Å². The molecule has 1 fully saturated rings. The number of rotatable bonds is 1. The van der Waals surface area contributed by atoms with Gasteiger partial charge in [0.1, 0.15) is 0 Å². The number of piperazine rings is 1. The summed E-state index contributed by atoms with van der Waals surface area (Å²) in [6.45, 7) is 11.0. The zero-order chi connectivity index (χ0) is 10.7. The van der Waals surface area contributed by atoms with Gasteiger partial charge in [0.25, 0.3) is 0 Å². The van der Waals surface area contributed by atoms with Crippen molar-refractivity contribution in [2.75, 3.05) is 31.1 Å². The third-order valence-corrected chi connectivity index (χ3v) is 2.85. The van der Waals surface area contributed by atoms with Gasteiger partial charge in [0.05, 0.1) is 6.57 Å². The van der Waals surface area contributed by atoms with Crippen molar-refractivity contribution >= 4 is 23.0 Å². The highest BCUT2D eigenvalue weighted by atomic mass is 35.5. The largest absolute Gasteiger partial charge is 0.370 e. The maximum Gasteiger partial charge on any atom is 0.207 e. The molecule has 0 aliphatic carbocycles. The van der Waals surface area contributed by atoms with Gasteiger partial charge in [0.15, 0.2) is 0 Å². The van der Waals surface area contributed by atoms with Gasteiger partial charge >= 0.3 is 0 Å². The Bertz CT molecular complexity index is 391. The molecule has 1 aromatic rings. The summed E-state index contributed by atoms with van der Waals surface area (Å²) in [7, 11) is 0. The summed E-state index contributed by atoms with van der Waals surface area (Å²) in [6, 6.07) is 5.63. The van der Waals surface area contributed by atoms with E-state index in [-0.39, 0.29) is 0 Å². The highest BCUT2D eigenvalue weighted by molar-refractivity contribution is 6.33. The molecule has 4 heteroatoms. The lowest BCUT2D eigenvalue weighted by Gasteiger charge is -2.29. The van der Waals surface area contributed by atoms with Crippen molar-refractivity contribution in [2.45, 2.75) is 0 Å². The summed E-state index contributed by atoms with van der Waals surface area (Å²) in [4.78, 5) is 5.67. The molecule has 0 atom stereocenters. The predicted octanol–water partition coefficient (Wildman–Crippen LogP) is 2.30. The number of anilines is 1. The summed E-state index contributed by atoms with van der Waals surface area (Å²) >= 11 is 5.89. The van der Waals surface area contributed by atoms with Crippen LogP contribution < -0.4 is 10.2 Å². The van der Waals surface area contributed by atoms with Crippen LogP contribution in [-0.2, 0) is 0 Å². The lowest BCUT2D eigenvalue weighted by molar-refractivity contribution is 0.589. The van der Waals surface area contributed by atoms with E-state index in [2.05, 4.69) is 15.1 Å². The van der Waals surface area contributed by atoms with Crippen LogP contribution in [0.25, 0.3) is 4.85 Å². The number of nitrogens with one attached hydrogen (secondary N) is 1. The fourth-order valence-electron chi connectivity index (χ4n) is 1.71. The van der Waals surface area contributed by atoms with E-state index in [1.165, 1.54) is 0 Å². The molecule has 0 radical (unpaired) electrons. The molecule has 0 unspecified atom stereocenters. The molecule has 0 bridgehead atoms. The van der Waals surface area contributed by atoms with Gasteiger partial charge in [-0.25, -0.2) is 4.85 Å². The fraction of sp³-hybridized carbons (Fsp3) is 0.364. The van der Waals surface area contributed by atoms with E-state index in [0.717, 1.165) is 31.9 Å². The Morgan fingerprint density at radius 2 is 2.07 bits per heavy atom. The van der Waals surface area contributed by atoms with Crippen LogP contribution in [-0.4, -0.2) is 26.2 Å². The van der Waals surface area contributed by atoms with Crippen LogP contribution >= 0.6 is 11.6 Å².